The fraction of sp³-hybridized carbons (Fsp3) is 0.235. The fourth-order valence-corrected chi connectivity index (χ4v) is 3.01. The summed E-state index contributed by atoms with van der Waals surface area (Å²) in [6.45, 7) is 5.73. The topological polar surface area (TPSA) is 68.0 Å². The molecule has 0 atom stereocenters. The zero-order valence-corrected chi connectivity index (χ0v) is 14.6. The Labute approximate surface area is 146 Å². The molecule has 0 fully saturated rings. The first-order chi connectivity index (χ1) is 11.8. The van der Waals surface area contributed by atoms with Crippen LogP contribution in [0.3, 0.4) is 0 Å². The van der Waals surface area contributed by atoms with Crippen molar-refractivity contribution in [1.82, 2.24) is 10.2 Å². The molecule has 2 aromatic heterocycles. The van der Waals surface area contributed by atoms with Crippen molar-refractivity contribution < 1.29 is 18.0 Å². The van der Waals surface area contributed by atoms with Gasteiger partial charge in [-0.3, -0.25) is 4.79 Å². The van der Waals surface area contributed by atoms with Crippen molar-refractivity contribution in [2.24, 2.45) is 0 Å². The predicted octanol–water partition coefficient (Wildman–Crippen LogP) is 4.76. The fourth-order valence-electron chi connectivity index (χ4n) is 2.11. The first-order valence-corrected chi connectivity index (χ1v) is 8.37. The number of hydrogen-bond acceptors (Lipinski definition) is 5. The molecule has 1 aromatic carbocycles. The third-order valence-electron chi connectivity index (χ3n) is 3.49. The summed E-state index contributed by atoms with van der Waals surface area (Å²) < 4.78 is 31.8. The maximum Gasteiger partial charge on any atom is 0.257 e. The molecule has 0 unspecified atom stereocenters. The van der Waals surface area contributed by atoms with Crippen LogP contribution in [-0.4, -0.2) is 16.1 Å². The Kier molecular flexibility index (Phi) is 4.63. The number of nitrogens with zero attached hydrogens (tertiary/aromatic N) is 2. The van der Waals surface area contributed by atoms with Crippen LogP contribution in [0.2, 0.25) is 0 Å². The Bertz CT molecular complexity index is 934. The summed E-state index contributed by atoms with van der Waals surface area (Å²) in [7, 11) is 0. The number of hydrogen-bond donors (Lipinski definition) is 1. The summed E-state index contributed by atoms with van der Waals surface area (Å²) in [4.78, 5) is 13.8. The maximum atomic E-state index is 13.3. The summed E-state index contributed by atoms with van der Waals surface area (Å²) in [5.41, 5.74) is 0.588. The number of aromatic nitrogens is 2. The molecule has 3 aromatic rings. The summed E-state index contributed by atoms with van der Waals surface area (Å²) in [6.07, 6.45) is 0. The second-order valence-electron chi connectivity index (χ2n) is 5.76. The number of carbonyl (C=O) groups is 1. The number of nitrogens with one attached hydrogen (secondary N) is 1. The molecule has 0 aliphatic rings. The number of thiophene rings is 1. The highest BCUT2D eigenvalue weighted by molar-refractivity contribution is 7.15. The van der Waals surface area contributed by atoms with Crippen molar-refractivity contribution in [3.63, 3.8) is 0 Å². The van der Waals surface area contributed by atoms with Crippen LogP contribution < -0.4 is 5.32 Å². The normalized spacial score (nSPS) is 11.1. The highest BCUT2D eigenvalue weighted by Gasteiger charge is 2.17. The van der Waals surface area contributed by atoms with Crippen LogP contribution in [0.5, 0.6) is 0 Å². The summed E-state index contributed by atoms with van der Waals surface area (Å²) in [6, 6.07) is 4.72. The molecule has 0 spiro atoms. The Balaban J connectivity index is 1.82. The largest absolute Gasteiger partial charge is 0.420 e. The van der Waals surface area contributed by atoms with Gasteiger partial charge in [-0.15, -0.1) is 21.5 Å². The minimum atomic E-state index is -1.07. The van der Waals surface area contributed by atoms with E-state index in [1.807, 2.05) is 20.8 Å². The molecule has 0 radical (unpaired) electrons. The van der Waals surface area contributed by atoms with Gasteiger partial charge in [0.1, 0.15) is 0 Å². The average Bonchev–Trinajstić information content (AvgIpc) is 3.17. The van der Waals surface area contributed by atoms with Crippen molar-refractivity contribution in [3.8, 4) is 10.8 Å². The number of rotatable bonds is 4. The highest BCUT2D eigenvalue weighted by atomic mass is 32.1. The number of aryl methyl sites for hydroxylation is 1. The molecule has 1 N–H and O–H groups in total. The van der Waals surface area contributed by atoms with Gasteiger partial charge in [-0.25, -0.2) is 8.78 Å². The molecule has 8 heteroatoms. The van der Waals surface area contributed by atoms with Gasteiger partial charge in [0.2, 0.25) is 5.89 Å². The van der Waals surface area contributed by atoms with Crippen LogP contribution in [0.1, 0.15) is 40.9 Å². The standard InChI is InChI=1S/C17H15F2N3O2S/c1-8(2)16-21-22-17(24-16)14-7-13(9(3)25-14)20-15(23)10-4-5-11(18)12(19)6-10/h4-8H,1-3H3,(H,20,23). The lowest BCUT2D eigenvalue weighted by atomic mass is 10.2. The third-order valence-corrected chi connectivity index (χ3v) is 4.53. The number of amides is 1. The Morgan fingerprint density at radius 1 is 1.20 bits per heavy atom. The quantitative estimate of drug-likeness (QED) is 0.726. The van der Waals surface area contributed by atoms with E-state index in [-0.39, 0.29) is 11.5 Å². The van der Waals surface area contributed by atoms with E-state index in [4.69, 9.17) is 4.42 Å². The number of anilines is 1. The molecular weight excluding hydrogens is 348 g/mol. The zero-order valence-electron chi connectivity index (χ0n) is 13.8. The summed E-state index contributed by atoms with van der Waals surface area (Å²) in [5.74, 6) is -1.56. The Hall–Kier alpha value is -2.61. The molecule has 0 saturated carbocycles. The Morgan fingerprint density at radius 3 is 2.60 bits per heavy atom. The minimum Gasteiger partial charge on any atom is -0.420 e. The summed E-state index contributed by atoms with van der Waals surface area (Å²) in [5, 5.41) is 10.7. The smallest absolute Gasteiger partial charge is 0.257 e. The first-order valence-electron chi connectivity index (χ1n) is 7.55. The number of benzene rings is 1. The molecule has 2 heterocycles. The van der Waals surface area contributed by atoms with Gasteiger partial charge in [-0.05, 0) is 31.2 Å². The zero-order chi connectivity index (χ0) is 18.1. The van der Waals surface area contributed by atoms with Gasteiger partial charge >= 0.3 is 0 Å². The molecule has 0 aliphatic heterocycles. The predicted molar refractivity (Wildman–Crippen MR) is 90.7 cm³/mol. The van der Waals surface area contributed by atoms with Crippen LogP contribution >= 0.6 is 11.3 Å². The lowest BCUT2D eigenvalue weighted by Crippen LogP contribution is -2.12. The van der Waals surface area contributed by atoms with Crippen LogP contribution in [0.15, 0.2) is 28.7 Å². The molecule has 0 saturated heterocycles. The lowest BCUT2D eigenvalue weighted by Gasteiger charge is -2.04. The van der Waals surface area contributed by atoms with Crippen molar-refractivity contribution >= 4 is 22.9 Å². The van der Waals surface area contributed by atoms with Gasteiger partial charge in [0.05, 0.1) is 10.6 Å². The molecule has 0 bridgehead atoms. The molecule has 25 heavy (non-hydrogen) atoms. The lowest BCUT2D eigenvalue weighted by molar-refractivity contribution is 0.102. The molecule has 130 valence electrons. The first kappa shape index (κ1) is 17.2. The highest BCUT2D eigenvalue weighted by Crippen LogP contribution is 2.34. The van der Waals surface area contributed by atoms with Crippen molar-refractivity contribution in [1.29, 1.82) is 0 Å². The van der Waals surface area contributed by atoms with Crippen LogP contribution in [0, 0.1) is 18.6 Å². The SMILES string of the molecule is Cc1sc(-c2nnc(C(C)C)o2)cc1NC(=O)c1ccc(F)c(F)c1. The molecular formula is C17H15F2N3O2S. The van der Waals surface area contributed by atoms with E-state index in [2.05, 4.69) is 15.5 Å². The summed E-state index contributed by atoms with van der Waals surface area (Å²) >= 11 is 1.39. The molecule has 5 nitrogen and oxygen atoms in total. The van der Waals surface area contributed by atoms with Crippen LogP contribution in [0.25, 0.3) is 10.8 Å². The number of carbonyl (C=O) groups excluding carboxylic acids is 1. The van der Waals surface area contributed by atoms with E-state index in [0.717, 1.165) is 21.9 Å². The van der Waals surface area contributed by atoms with Crippen LogP contribution in [-0.2, 0) is 0 Å². The molecule has 0 aliphatic carbocycles. The second kappa shape index (κ2) is 6.72. The van der Waals surface area contributed by atoms with Gasteiger partial charge < -0.3 is 9.73 Å². The van der Waals surface area contributed by atoms with Crippen molar-refractivity contribution in [3.05, 3.63) is 52.2 Å². The van der Waals surface area contributed by atoms with E-state index in [9.17, 15) is 13.6 Å². The third kappa shape index (κ3) is 3.58. The van der Waals surface area contributed by atoms with Gasteiger partial charge in [-0.1, -0.05) is 13.8 Å². The van der Waals surface area contributed by atoms with Gasteiger partial charge in [-0.2, -0.15) is 0 Å². The monoisotopic (exact) mass is 363 g/mol. The number of halogens is 2. The van der Waals surface area contributed by atoms with E-state index < -0.39 is 17.5 Å². The van der Waals surface area contributed by atoms with Gasteiger partial charge in [0.15, 0.2) is 11.6 Å². The van der Waals surface area contributed by atoms with E-state index in [0.29, 0.717) is 17.5 Å². The van der Waals surface area contributed by atoms with E-state index in [1.165, 1.54) is 17.4 Å². The minimum absolute atomic E-state index is 0.0333. The van der Waals surface area contributed by atoms with Gasteiger partial charge in [0.25, 0.3) is 11.8 Å². The molecule has 1 amide bonds. The Morgan fingerprint density at radius 2 is 1.96 bits per heavy atom. The van der Waals surface area contributed by atoms with E-state index >= 15 is 0 Å². The average molecular weight is 363 g/mol. The van der Waals surface area contributed by atoms with Crippen molar-refractivity contribution in [2.75, 3.05) is 5.32 Å². The van der Waals surface area contributed by atoms with E-state index in [1.54, 1.807) is 6.07 Å². The molecule has 3 rings (SSSR count). The van der Waals surface area contributed by atoms with Crippen LogP contribution in [0.4, 0.5) is 14.5 Å². The van der Waals surface area contributed by atoms with Gasteiger partial charge in [0, 0.05) is 16.4 Å². The maximum absolute atomic E-state index is 13.3. The second-order valence-corrected chi connectivity index (χ2v) is 7.02. The van der Waals surface area contributed by atoms with Crippen molar-refractivity contribution in [2.45, 2.75) is 26.7 Å².